The van der Waals surface area contributed by atoms with Crippen LogP contribution < -0.4 is 5.14 Å². The van der Waals surface area contributed by atoms with E-state index in [1.165, 1.54) is 24.3 Å². The summed E-state index contributed by atoms with van der Waals surface area (Å²) in [5, 5.41) is 5.12. The van der Waals surface area contributed by atoms with E-state index >= 15 is 0 Å². The lowest BCUT2D eigenvalue weighted by Crippen LogP contribution is -2.17. The molecule has 0 aliphatic heterocycles. The molecule has 0 atom stereocenters. The van der Waals surface area contributed by atoms with Gasteiger partial charge in [-0.25, -0.2) is 22.0 Å². The predicted octanol–water partition coefficient (Wildman–Crippen LogP) is 3.24. The van der Waals surface area contributed by atoms with E-state index in [1.54, 1.807) is 30.3 Å². The maximum atomic E-state index is 12.9. The van der Waals surface area contributed by atoms with Crippen LogP contribution in [0.2, 0.25) is 0 Å². The topological polar surface area (TPSA) is 107 Å². The highest BCUT2D eigenvalue weighted by Crippen LogP contribution is 2.20. The lowest BCUT2D eigenvalue weighted by atomic mass is 10.1. The molecule has 0 aliphatic carbocycles. The van der Waals surface area contributed by atoms with Crippen LogP contribution in [0.3, 0.4) is 0 Å². The lowest BCUT2D eigenvalue weighted by Gasteiger charge is -2.10. The third kappa shape index (κ3) is 5.38. The Morgan fingerprint density at radius 2 is 1.38 bits per heavy atom. The number of hydrogen-bond acceptors (Lipinski definition) is 5. The first-order valence-corrected chi connectivity index (χ1v) is 11.9. The van der Waals surface area contributed by atoms with Crippen LogP contribution in [0.15, 0.2) is 93.6 Å². The summed E-state index contributed by atoms with van der Waals surface area (Å²) in [4.78, 5) is 4.67. The van der Waals surface area contributed by atoms with Crippen LogP contribution in [0.25, 0.3) is 0 Å². The number of sulfonamides is 1. The van der Waals surface area contributed by atoms with Crippen LogP contribution in [0.5, 0.6) is 0 Å². The van der Waals surface area contributed by atoms with E-state index in [1.807, 2.05) is 31.2 Å². The second-order valence-corrected chi connectivity index (χ2v) is 10.1. The highest BCUT2D eigenvalue weighted by Gasteiger charge is 2.19. The Bertz CT molecular complexity index is 1230. The van der Waals surface area contributed by atoms with Crippen molar-refractivity contribution in [3.63, 3.8) is 0 Å². The van der Waals surface area contributed by atoms with Gasteiger partial charge >= 0.3 is 0 Å². The van der Waals surface area contributed by atoms with Crippen molar-refractivity contribution in [2.24, 2.45) is 10.1 Å². The van der Waals surface area contributed by atoms with Gasteiger partial charge in [0.2, 0.25) is 10.0 Å². The molecule has 0 spiro atoms. The Balaban J connectivity index is 2.04. The van der Waals surface area contributed by atoms with E-state index in [0.29, 0.717) is 17.0 Å². The molecule has 6 nitrogen and oxygen atoms in total. The number of sulfone groups is 1. The van der Waals surface area contributed by atoms with Gasteiger partial charge in [0.05, 0.1) is 26.9 Å². The zero-order valence-electron chi connectivity index (χ0n) is 15.7. The molecule has 0 amide bonds. The van der Waals surface area contributed by atoms with E-state index in [2.05, 4.69) is 4.99 Å². The Kier molecular flexibility index (Phi) is 5.97. The first kappa shape index (κ1) is 20.9. The van der Waals surface area contributed by atoms with E-state index in [-0.39, 0.29) is 15.5 Å². The molecule has 0 aliphatic rings. The third-order valence-electron chi connectivity index (χ3n) is 4.24. The highest BCUT2D eigenvalue weighted by atomic mass is 32.2. The summed E-state index contributed by atoms with van der Waals surface area (Å²) in [6.07, 6.45) is 0. The average molecular weight is 429 g/mol. The zero-order valence-corrected chi connectivity index (χ0v) is 17.3. The molecule has 0 unspecified atom stereocenters. The molecule has 3 aromatic carbocycles. The molecular weight excluding hydrogens is 408 g/mol. The minimum Gasteiger partial charge on any atom is -0.252 e. The fourth-order valence-corrected chi connectivity index (χ4v) is 4.53. The number of nitrogens with zero attached hydrogens (tertiary/aromatic N) is 1. The summed E-state index contributed by atoms with van der Waals surface area (Å²) in [6, 6.07) is 21.2. The van der Waals surface area contributed by atoms with Crippen LogP contribution in [0.1, 0.15) is 11.1 Å². The number of primary sulfonamides is 1. The van der Waals surface area contributed by atoms with Gasteiger partial charge in [-0.2, -0.15) is 0 Å². The minimum absolute atomic E-state index is 0.0368. The lowest BCUT2D eigenvalue weighted by molar-refractivity contribution is 0.597. The molecule has 0 heterocycles. The Morgan fingerprint density at radius 3 is 1.93 bits per heavy atom. The molecule has 29 heavy (non-hydrogen) atoms. The maximum absolute atomic E-state index is 12.9. The summed E-state index contributed by atoms with van der Waals surface area (Å²) in [5.41, 5.74) is 2.50. The van der Waals surface area contributed by atoms with Crippen molar-refractivity contribution in [1.29, 1.82) is 0 Å². The van der Waals surface area contributed by atoms with Gasteiger partial charge in [0.15, 0.2) is 9.84 Å². The van der Waals surface area contributed by atoms with E-state index in [4.69, 9.17) is 5.14 Å². The Labute approximate surface area is 170 Å². The molecule has 0 bridgehead atoms. The van der Waals surface area contributed by atoms with Crippen molar-refractivity contribution < 1.29 is 16.8 Å². The van der Waals surface area contributed by atoms with Crippen molar-refractivity contribution in [2.75, 3.05) is 5.75 Å². The van der Waals surface area contributed by atoms with Gasteiger partial charge in [-0.15, -0.1) is 0 Å². The maximum Gasteiger partial charge on any atom is 0.238 e. The quantitative estimate of drug-likeness (QED) is 0.608. The second-order valence-electron chi connectivity index (χ2n) is 6.54. The summed E-state index contributed by atoms with van der Waals surface area (Å²) in [7, 11) is -7.43. The van der Waals surface area contributed by atoms with Crippen molar-refractivity contribution in [3.05, 3.63) is 90.0 Å². The predicted molar refractivity (Wildman–Crippen MR) is 114 cm³/mol. The van der Waals surface area contributed by atoms with Crippen LogP contribution in [0, 0.1) is 6.92 Å². The van der Waals surface area contributed by atoms with Gasteiger partial charge in [-0.05, 0) is 48.9 Å². The highest BCUT2D eigenvalue weighted by molar-refractivity contribution is 7.92. The summed E-state index contributed by atoms with van der Waals surface area (Å²) in [6.45, 7) is 1.94. The SMILES string of the molecule is Cc1ccc(C(CS(=O)(=O)c2ccccc2)=Nc2ccc(S(N)(=O)=O)cc2)cc1. The first-order chi connectivity index (χ1) is 13.6. The summed E-state index contributed by atoms with van der Waals surface area (Å²) in [5.74, 6) is -0.295. The van der Waals surface area contributed by atoms with E-state index < -0.39 is 19.9 Å². The zero-order chi connectivity index (χ0) is 21.1. The van der Waals surface area contributed by atoms with Crippen LogP contribution in [0.4, 0.5) is 5.69 Å². The summed E-state index contributed by atoms with van der Waals surface area (Å²) >= 11 is 0. The van der Waals surface area contributed by atoms with Crippen LogP contribution in [-0.4, -0.2) is 28.3 Å². The van der Waals surface area contributed by atoms with Gasteiger partial charge < -0.3 is 0 Å². The first-order valence-electron chi connectivity index (χ1n) is 8.70. The van der Waals surface area contributed by atoms with Crippen molar-refractivity contribution >= 4 is 31.3 Å². The molecule has 0 aromatic heterocycles. The van der Waals surface area contributed by atoms with Gasteiger partial charge in [-0.3, -0.25) is 4.99 Å². The van der Waals surface area contributed by atoms with Gasteiger partial charge in [-0.1, -0.05) is 48.0 Å². The number of aliphatic imine (C=N–C) groups is 1. The minimum atomic E-state index is -3.81. The number of nitrogens with two attached hydrogens (primary N) is 1. The van der Waals surface area contributed by atoms with Crippen molar-refractivity contribution in [3.8, 4) is 0 Å². The van der Waals surface area contributed by atoms with Crippen LogP contribution in [-0.2, 0) is 19.9 Å². The second kappa shape index (κ2) is 8.28. The van der Waals surface area contributed by atoms with Crippen molar-refractivity contribution in [1.82, 2.24) is 0 Å². The van der Waals surface area contributed by atoms with Crippen molar-refractivity contribution in [2.45, 2.75) is 16.7 Å². The number of aryl methyl sites for hydroxylation is 1. The number of benzene rings is 3. The van der Waals surface area contributed by atoms with E-state index in [9.17, 15) is 16.8 Å². The largest absolute Gasteiger partial charge is 0.252 e. The van der Waals surface area contributed by atoms with Gasteiger partial charge in [0.1, 0.15) is 0 Å². The molecule has 0 saturated heterocycles. The normalized spacial score (nSPS) is 12.7. The van der Waals surface area contributed by atoms with E-state index in [0.717, 1.165) is 5.56 Å². The molecule has 0 saturated carbocycles. The smallest absolute Gasteiger partial charge is 0.238 e. The molecular formula is C21H20N2O4S2. The molecule has 3 rings (SSSR count). The number of rotatable bonds is 6. The molecule has 0 fully saturated rings. The average Bonchev–Trinajstić information content (AvgIpc) is 2.68. The molecule has 2 N–H and O–H groups in total. The molecule has 3 aromatic rings. The monoisotopic (exact) mass is 428 g/mol. The summed E-state index contributed by atoms with van der Waals surface area (Å²) < 4.78 is 48.6. The Hall–Kier alpha value is -2.81. The third-order valence-corrected chi connectivity index (χ3v) is 6.82. The van der Waals surface area contributed by atoms with Crippen LogP contribution >= 0.6 is 0 Å². The van der Waals surface area contributed by atoms with Gasteiger partial charge in [0, 0.05) is 0 Å². The fraction of sp³-hybridized carbons (Fsp3) is 0.0952. The number of hydrogen-bond donors (Lipinski definition) is 1. The molecule has 0 radical (unpaired) electrons. The molecule has 150 valence electrons. The fourth-order valence-electron chi connectivity index (χ4n) is 2.68. The van der Waals surface area contributed by atoms with Gasteiger partial charge in [0.25, 0.3) is 0 Å². The Morgan fingerprint density at radius 1 is 0.793 bits per heavy atom. The standard InChI is InChI=1S/C21H20N2O4S2/c1-16-7-9-17(10-8-16)21(15-28(24,25)19-5-3-2-4-6-19)23-18-11-13-20(14-12-18)29(22,26)27/h2-14H,15H2,1H3,(H2,22,26,27). The molecule has 8 heteroatoms.